The Morgan fingerprint density at radius 2 is 1.83 bits per heavy atom. The highest BCUT2D eigenvalue weighted by Crippen LogP contribution is 2.32. The van der Waals surface area contributed by atoms with Crippen LogP contribution in [0, 0.1) is 21.7 Å². The molecule has 3 heterocycles. The lowest BCUT2D eigenvalue weighted by atomic mass is 10.1. The van der Waals surface area contributed by atoms with E-state index in [-0.39, 0.29) is 53.0 Å². The molecule has 5 aromatic rings. The number of carbonyl (C=O) groups excluding carboxylic acids is 1. The molecule has 208 valence electrons. The highest BCUT2D eigenvalue weighted by atomic mass is 19.1. The number of hydrogen-bond donors (Lipinski definition) is 2. The first kappa shape index (κ1) is 26.9. The molecule has 5 rings (SSSR count). The van der Waals surface area contributed by atoms with Crippen molar-refractivity contribution in [3.63, 3.8) is 0 Å². The summed E-state index contributed by atoms with van der Waals surface area (Å²) >= 11 is 0. The minimum absolute atomic E-state index is 0.0389. The van der Waals surface area contributed by atoms with Gasteiger partial charge < -0.3 is 16.2 Å². The first-order valence-electron chi connectivity index (χ1n) is 11.9. The maximum absolute atomic E-state index is 14.4. The molecule has 0 spiro atoms. The fourth-order valence-electron chi connectivity index (χ4n) is 4.27. The number of halogens is 2. The van der Waals surface area contributed by atoms with Crippen molar-refractivity contribution in [3.8, 4) is 5.95 Å². The number of fused-ring (bicyclic) bond motifs is 1. The number of nitrogens with zero attached hydrogens (tertiary/aromatic N) is 7. The van der Waals surface area contributed by atoms with Crippen LogP contribution in [0.25, 0.3) is 17.0 Å². The van der Waals surface area contributed by atoms with Gasteiger partial charge in [0.15, 0.2) is 11.6 Å². The maximum atomic E-state index is 14.4. The largest absolute Gasteiger partial charge is 0.452 e. The first-order chi connectivity index (χ1) is 19.7. The molecule has 15 heteroatoms. The van der Waals surface area contributed by atoms with E-state index in [1.807, 2.05) is 0 Å². The van der Waals surface area contributed by atoms with Crippen molar-refractivity contribution >= 4 is 40.1 Å². The van der Waals surface area contributed by atoms with E-state index in [9.17, 15) is 23.7 Å². The molecule has 0 saturated carbocycles. The van der Waals surface area contributed by atoms with Gasteiger partial charge in [0.2, 0.25) is 0 Å². The Morgan fingerprint density at radius 1 is 1.10 bits per heavy atom. The quantitative estimate of drug-likeness (QED) is 0.218. The normalized spacial score (nSPS) is 11.0. The SMILES string of the molecule is COC(=O)N(Cc1cccc([N+](=O)[O-])c1)c1c(N)nc(-n2nc(Cc3ccccc3F)c3ncc(F)cc32)nc1N. The summed E-state index contributed by atoms with van der Waals surface area (Å²) in [5.41, 5.74) is 13.7. The van der Waals surface area contributed by atoms with Crippen LogP contribution in [-0.4, -0.2) is 42.9 Å². The highest BCUT2D eigenvalue weighted by Gasteiger charge is 2.26. The molecule has 0 aliphatic carbocycles. The van der Waals surface area contributed by atoms with E-state index >= 15 is 0 Å². The summed E-state index contributed by atoms with van der Waals surface area (Å²) in [7, 11) is 1.14. The predicted molar refractivity (Wildman–Crippen MR) is 144 cm³/mol. The van der Waals surface area contributed by atoms with Crippen LogP contribution >= 0.6 is 0 Å². The number of nitrogens with two attached hydrogens (primary N) is 2. The van der Waals surface area contributed by atoms with Gasteiger partial charge in [0.05, 0.1) is 36.0 Å². The van der Waals surface area contributed by atoms with E-state index < -0.39 is 22.7 Å². The number of methoxy groups -OCH3 is 1. The monoisotopic (exact) mass is 561 g/mol. The number of nitro benzene ring substituents is 1. The molecule has 0 unspecified atom stereocenters. The van der Waals surface area contributed by atoms with Gasteiger partial charge in [-0.3, -0.25) is 15.0 Å². The van der Waals surface area contributed by atoms with Gasteiger partial charge in [0.25, 0.3) is 11.6 Å². The van der Waals surface area contributed by atoms with Crippen LogP contribution in [-0.2, 0) is 17.7 Å². The molecule has 4 N–H and O–H groups in total. The highest BCUT2D eigenvalue weighted by molar-refractivity contribution is 5.95. The second-order valence-corrected chi connectivity index (χ2v) is 8.77. The molecule has 0 fully saturated rings. The lowest BCUT2D eigenvalue weighted by Crippen LogP contribution is -2.32. The third-order valence-corrected chi connectivity index (χ3v) is 6.11. The number of nitro groups is 1. The van der Waals surface area contributed by atoms with E-state index in [2.05, 4.69) is 20.1 Å². The fraction of sp³-hybridized carbons (Fsp3) is 0.115. The van der Waals surface area contributed by atoms with E-state index in [4.69, 9.17) is 16.2 Å². The Labute approximate surface area is 230 Å². The van der Waals surface area contributed by atoms with E-state index in [0.717, 1.165) is 24.3 Å². The topological polar surface area (TPSA) is 181 Å². The summed E-state index contributed by atoms with van der Waals surface area (Å²) in [5, 5.41) is 15.7. The second kappa shape index (κ2) is 10.8. The lowest BCUT2D eigenvalue weighted by Gasteiger charge is -2.23. The van der Waals surface area contributed by atoms with Crippen molar-refractivity contribution in [1.29, 1.82) is 0 Å². The lowest BCUT2D eigenvalue weighted by molar-refractivity contribution is -0.384. The summed E-state index contributed by atoms with van der Waals surface area (Å²) in [4.78, 5) is 37.0. The van der Waals surface area contributed by atoms with Crippen molar-refractivity contribution in [2.75, 3.05) is 23.5 Å². The van der Waals surface area contributed by atoms with Crippen molar-refractivity contribution in [1.82, 2.24) is 24.7 Å². The second-order valence-electron chi connectivity index (χ2n) is 8.77. The third kappa shape index (κ3) is 5.27. The van der Waals surface area contributed by atoms with Gasteiger partial charge in [0, 0.05) is 24.6 Å². The average molecular weight is 562 g/mol. The maximum Gasteiger partial charge on any atom is 0.414 e. The third-order valence-electron chi connectivity index (χ3n) is 6.11. The molecule has 0 saturated heterocycles. The first-order valence-corrected chi connectivity index (χ1v) is 11.9. The summed E-state index contributed by atoms with van der Waals surface area (Å²) in [5.74, 6) is -1.79. The number of amides is 1. The predicted octanol–water partition coefficient (Wildman–Crippen LogP) is 3.93. The molecule has 3 aromatic heterocycles. The number of nitrogen functional groups attached to an aromatic ring is 2. The van der Waals surface area contributed by atoms with E-state index in [1.165, 1.54) is 28.9 Å². The Kier molecular flexibility index (Phi) is 7.07. The molecule has 0 bridgehead atoms. The smallest absolute Gasteiger partial charge is 0.414 e. The molecule has 0 aliphatic rings. The molecular formula is C26H21F2N9O4. The molecule has 0 radical (unpaired) electrons. The Hall–Kier alpha value is -5.73. The molecular weight excluding hydrogens is 540 g/mol. The number of pyridine rings is 1. The van der Waals surface area contributed by atoms with Gasteiger partial charge in [-0.05, 0) is 17.2 Å². The number of rotatable bonds is 7. The summed E-state index contributed by atoms with van der Waals surface area (Å²) < 4.78 is 34.6. The van der Waals surface area contributed by atoms with Crippen LogP contribution in [0.2, 0.25) is 0 Å². The average Bonchev–Trinajstić information content (AvgIpc) is 3.30. The zero-order valence-corrected chi connectivity index (χ0v) is 21.4. The van der Waals surface area contributed by atoms with Gasteiger partial charge in [-0.25, -0.2) is 18.6 Å². The fourth-order valence-corrected chi connectivity index (χ4v) is 4.27. The molecule has 2 aromatic carbocycles. The summed E-state index contributed by atoms with van der Waals surface area (Å²) in [6.07, 6.45) is 0.167. The minimum Gasteiger partial charge on any atom is -0.452 e. The Balaban J connectivity index is 1.58. The van der Waals surface area contributed by atoms with Gasteiger partial charge >= 0.3 is 6.09 Å². The van der Waals surface area contributed by atoms with Crippen LogP contribution in [0.3, 0.4) is 0 Å². The van der Waals surface area contributed by atoms with Gasteiger partial charge in [0.1, 0.15) is 22.8 Å². The summed E-state index contributed by atoms with van der Waals surface area (Å²) in [6, 6.07) is 12.9. The van der Waals surface area contributed by atoms with Gasteiger partial charge in [-0.15, -0.1) is 0 Å². The van der Waals surface area contributed by atoms with Crippen LogP contribution < -0.4 is 16.4 Å². The number of hydrogen-bond acceptors (Lipinski definition) is 10. The zero-order chi connectivity index (χ0) is 29.3. The molecule has 41 heavy (non-hydrogen) atoms. The van der Waals surface area contributed by atoms with Crippen molar-refractivity contribution in [2.24, 2.45) is 0 Å². The van der Waals surface area contributed by atoms with E-state index in [0.29, 0.717) is 16.8 Å². The molecule has 0 atom stereocenters. The van der Waals surface area contributed by atoms with Crippen LogP contribution in [0.4, 0.5) is 36.6 Å². The van der Waals surface area contributed by atoms with Crippen molar-refractivity contribution < 1.29 is 23.2 Å². The molecule has 1 amide bonds. The number of non-ortho nitro benzene ring substituents is 1. The standard InChI is InChI=1S/C26H21F2N9O4/c1-41-26(38)35(13-14-5-4-7-17(9-14)37(39)40)22-23(29)32-25(33-24(22)30)36-20-11-16(27)12-31-21(20)19(34-36)10-15-6-2-3-8-18(15)28/h2-9,11-12H,10,13H2,1H3,(H4,29,30,32,33). The van der Waals surface area contributed by atoms with Gasteiger partial charge in [-0.1, -0.05) is 30.3 Å². The Morgan fingerprint density at radius 3 is 2.51 bits per heavy atom. The number of carbonyl (C=O) groups is 1. The van der Waals surface area contributed by atoms with Crippen LogP contribution in [0.5, 0.6) is 0 Å². The summed E-state index contributed by atoms with van der Waals surface area (Å²) in [6.45, 7) is -0.210. The van der Waals surface area contributed by atoms with Crippen LogP contribution in [0.1, 0.15) is 16.8 Å². The number of anilines is 3. The van der Waals surface area contributed by atoms with E-state index in [1.54, 1.807) is 24.3 Å². The van der Waals surface area contributed by atoms with Gasteiger partial charge in [-0.2, -0.15) is 19.7 Å². The number of aromatic nitrogens is 5. The number of benzene rings is 2. The molecule has 13 nitrogen and oxygen atoms in total. The number of ether oxygens (including phenoxy) is 1. The minimum atomic E-state index is -0.880. The van der Waals surface area contributed by atoms with Crippen molar-refractivity contribution in [3.05, 3.63) is 99.4 Å². The van der Waals surface area contributed by atoms with Crippen LogP contribution in [0.15, 0.2) is 60.8 Å². The Bertz CT molecular complexity index is 1790. The molecule has 0 aliphatic heterocycles. The zero-order valence-electron chi connectivity index (χ0n) is 21.4. The van der Waals surface area contributed by atoms with Crippen molar-refractivity contribution in [2.45, 2.75) is 13.0 Å².